The van der Waals surface area contributed by atoms with Crippen LogP contribution >= 0.6 is 0 Å². The molecule has 0 unspecified atom stereocenters. The Morgan fingerprint density at radius 2 is 0.933 bits per heavy atom. The van der Waals surface area contributed by atoms with E-state index in [1.54, 1.807) is 0 Å². The van der Waals surface area contributed by atoms with Gasteiger partial charge in [-0.15, -0.1) is 0 Å². The number of para-hydroxylation sites is 3. The Morgan fingerprint density at radius 1 is 0.400 bits per heavy atom. The molecule has 2 heteroatoms. The zero-order valence-electron chi connectivity index (χ0n) is 34.0. The van der Waals surface area contributed by atoms with Crippen LogP contribution in [0.1, 0.15) is 19.4 Å². The molecule has 2 nitrogen and oxygen atoms in total. The molecule has 0 amide bonds. The van der Waals surface area contributed by atoms with Crippen LogP contribution in [-0.2, 0) is 6.42 Å². The monoisotopic (exact) mass is 770 g/mol. The summed E-state index contributed by atoms with van der Waals surface area (Å²) >= 11 is 0. The van der Waals surface area contributed by atoms with Crippen LogP contribution in [0.4, 0.5) is 17.1 Å². The maximum absolute atomic E-state index is 2.53. The average Bonchev–Trinajstić information content (AvgIpc) is 3.65. The van der Waals surface area contributed by atoms with E-state index in [4.69, 9.17) is 0 Å². The van der Waals surface area contributed by atoms with Gasteiger partial charge in [0.1, 0.15) is 0 Å². The number of aromatic nitrogens is 1. The molecular formula is C58H46N2. The lowest BCUT2D eigenvalue weighted by Crippen LogP contribution is -2.11. The first-order valence-corrected chi connectivity index (χ1v) is 21.0. The quantitative estimate of drug-likeness (QED) is 0.134. The smallest absolute Gasteiger partial charge is 0.0573 e. The van der Waals surface area contributed by atoms with Crippen LogP contribution in [0.25, 0.3) is 72.0 Å². The second kappa shape index (κ2) is 16.1. The highest BCUT2D eigenvalue weighted by molar-refractivity contribution is 6.11. The van der Waals surface area contributed by atoms with E-state index < -0.39 is 0 Å². The fraction of sp³-hybridized carbons (Fsp3) is 0.0690. The standard InChI is InChI=1S/C58H46N2/c1-41(2)37-48-26-18-31-52-51-30-15-16-32-55(51)60(58(48)52)57-36-34-46(43-21-9-4-10-22-43)40-54(57)47-25-17-29-50(38-47)59(49-27-13-6-14-28-49)56-35-33-45(42-19-7-3-8-20-42)39-53(56)44-23-11-5-12-24-44/h3-36,38-41H,37H2,1-2H3. The summed E-state index contributed by atoms with van der Waals surface area (Å²) in [5.41, 5.74) is 17.8. The molecule has 0 spiro atoms. The van der Waals surface area contributed by atoms with E-state index >= 15 is 0 Å². The lowest BCUT2D eigenvalue weighted by atomic mass is 9.95. The number of hydrogen-bond donors (Lipinski definition) is 0. The molecule has 0 fully saturated rings. The normalized spacial score (nSPS) is 11.4. The lowest BCUT2D eigenvalue weighted by molar-refractivity contribution is 0.649. The van der Waals surface area contributed by atoms with Crippen molar-refractivity contribution in [3.05, 3.63) is 230 Å². The third-order valence-electron chi connectivity index (χ3n) is 11.6. The van der Waals surface area contributed by atoms with Crippen LogP contribution in [0.3, 0.4) is 0 Å². The van der Waals surface area contributed by atoms with Crippen molar-refractivity contribution in [1.29, 1.82) is 0 Å². The van der Waals surface area contributed by atoms with Crippen molar-refractivity contribution in [3.63, 3.8) is 0 Å². The molecule has 0 radical (unpaired) electrons. The third-order valence-corrected chi connectivity index (χ3v) is 11.6. The van der Waals surface area contributed by atoms with E-state index in [-0.39, 0.29) is 0 Å². The van der Waals surface area contributed by atoms with Gasteiger partial charge in [0.25, 0.3) is 0 Å². The predicted octanol–water partition coefficient (Wildman–Crippen LogP) is 16.1. The average molecular weight is 771 g/mol. The summed E-state index contributed by atoms with van der Waals surface area (Å²) in [4.78, 5) is 2.42. The molecule has 0 aliphatic carbocycles. The summed E-state index contributed by atoms with van der Waals surface area (Å²) in [7, 11) is 0. The molecule has 1 aromatic heterocycles. The summed E-state index contributed by atoms with van der Waals surface area (Å²) in [5, 5.41) is 2.56. The number of rotatable bonds is 10. The molecule has 0 atom stereocenters. The topological polar surface area (TPSA) is 8.17 Å². The molecule has 10 aromatic rings. The summed E-state index contributed by atoms with van der Waals surface area (Å²) in [6.45, 7) is 4.63. The van der Waals surface area contributed by atoms with Crippen molar-refractivity contribution in [2.45, 2.75) is 20.3 Å². The minimum absolute atomic E-state index is 0.519. The molecule has 0 N–H and O–H groups in total. The highest BCUT2D eigenvalue weighted by Gasteiger charge is 2.22. The second-order valence-electron chi connectivity index (χ2n) is 16.0. The SMILES string of the molecule is CC(C)Cc1cccc2c3ccccc3n(-c3ccc(-c4ccccc4)cc3-c3cccc(N(c4ccccc4)c4ccc(-c5ccccc5)cc4-c4ccccc4)c3)c12. The summed E-state index contributed by atoms with van der Waals surface area (Å²) in [5.74, 6) is 0.519. The van der Waals surface area contributed by atoms with Crippen molar-refractivity contribution in [1.82, 2.24) is 4.57 Å². The van der Waals surface area contributed by atoms with Gasteiger partial charge in [0.15, 0.2) is 0 Å². The van der Waals surface area contributed by atoms with E-state index in [1.807, 2.05) is 0 Å². The highest BCUT2D eigenvalue weighted by Crippen LogP contribution is 2.45. The maximum Gasteiger partial charge on any atom is 0.0573 e. The molecule has 0 saturated carbocycles. The zero-order valence-corrected chi connectivity index (χ0v) is 34.0. The minimum Gasteiger partial charge on any atom is -0.310 e. The maximum atomic E-state index is 2.53. The van der Waals surface area contributed by atoms with Gasteiger partial charge < -0.3 is 9.47 Å². The van der Waals surface area contributed by atoms with Gasteiger partial charge in [-0.25, -0.2) is 0 Å². The largest absolute Gasteiger partial charge is 0.310 e. The fourth-order valence-corrected chi connectivity index (χ4v) is 8.92. The fourth-order valence-electron chi connectivity index (χ4n) is 8.92. The molecule has 0 aliphatic rings. The first-order chi connectivity index (χ1) is 29.6. The van der Waals surface area contributed by atoms with Gasteiger partial charge in [0, 0.05) is 33.3 Å². The molecule has 9 aromatic carbocycles. The molecule has 60 heavy (non-hydrogen) atoms. The van der Waals surface area contributed by atoms with E-state index in [9.17, 15) is 0 Å². The highest BCUT2D eigenvalue weighted by atomic mass is 15.1. The van der Waals surface area contributed by atoms with E-state index in [1.165, 1.54) is 66.3 Å². The number of nitrogens with zero attached hydrogens (tertiary/aromatic N) is 2. The Hall–Kier alpha value is -7.42. The first kappa shape index (κ1) is 36.9. The Kier molecular flexibility index (Phi) is 9.89. The Morgan fingerprint density at radius 3 is 1.62 bits per heavy atom. The molecule has 288 valence electrons. The first-order valence-electron chi connectivity index (χ1n) is 21.0. The van der Waals surface area contributed by atoms with E-state index in [0.717, 1.165) is 34.7 Å². The van der Waals surface area contributed by atoms with Gasteiger partial charge in [-0.2, -0.15) is 0 Å². The predicted molar refractivity (Wildman–Crippen MR) is 256 cm³/mol. The molecule has 0 aliphatic heterocycles. The van der Waals surface area contributed by atoms with Crippen LogP contribution in [0.5, 0.6) is 0 Å². The van der Waals surface area contributed by atoms with Gasteiger partial charge in [-0.3, -0.25) is 0 Å². The Balaban J connectivity index is 1.22. The summed E-state index contributed by atoms with van der Waals surface area (Å²) in [6, 6.07) is 81.8. The van der Waals surface area contributed by atoms with Gasteiger partial charge in [0.05, 0.1) is 22.4 Å². The van der Waals surface area contributed by atoms with Gasteiger partial charge in [0.2, 0.25) is 0 Å². The van der Waals surface area contributed by atoms with E-state index in [2.05, 4.69) is 248 Å². The third kappa shape index (κ3) is 6.97. The van der Waals surface area contributed by atoms with Gasteiger partial charge >= 0.3 is 0 Å². The number of hydrogen-bond acceptors (Lipinski definition) is 1. The number of anilines is 3. The van der Waals surface area contributed by atoms with Crippen molar-refractivity contribution >= 4 is 38.9 Å². The summed E-state index contributed by atoms with van der Waals surface area (Å²) in [6.07, 6.45) is 0.999. The molecule has 0 saturated heterocycles. The van der Waals surface area contributed by atoms with E-state index in [0.29, 0.717) is 5.92 Å². The molecule has 10 rings (SSSR count). The van der Waals surface area contributed by atoms with Crippen molar-refractivity contribution < 1.29 is 0 Å². The Bertz CT molecular complexity index is 3070. The molecular weight excluding hydrogens is 725 g/mol. The van der Waals surface area contributed by atoms with Crippen LogP contribution in [-0.4, -0.2) is 4.57 Å². The van der Waals surface area contributed by atoms with Crippen molar-refractivity contribution in [2.24, 2.45) is 5.92 Å². The Labute approximate surface area is 353 Å². The molecule has 0 bridgehead atoms. The van der Waals surface area contributed by atoms with Crippen LogP contribution < -0.4 is 4.90 Å². The van der Waals surface area contributed by atoms with Crippen molar-refractivity contribution in [2.75, 3.05) is 4.90 Å². The summed E-state index contributed by atoms with van der Waals surface area (Å²) < 4.78 is 2.53. The zero-order chi connectivity index (χ0) is 40.4. The van der Waals surface area contributed by atoms with Crippen molar-refractivity contribution in [3.8, 4) is 50.2 Å². The second-order valence-corrected chi connectivity index (χ2v) is 16.0. The van der Waals surface area contributed by atoms with Crippen LogP contribution in [0.2, 0.25) is 0 Å². The van der Waals surface area contributed by atoms with Crippen LogP contribution in [0, 0.1) is 5.92 Å². The lowest BCUT2D eigenvalue weighted by Gasteiger charge is -2.29. The molecule has 1 heterocycles. The number of benzene rings is 9. The minimum atomic E-state index is 0.519. The van der Waals surface area contributed by atoms with Gasteiger partial charge in [-0.05, 0) is 106 Å². The number of fused-ring (bicyclic) bond motifs is 3. The van der Waals surface area contributed by atoms with Gasteiger partial charge in [-0.1, -0.05) is 184 Å². The van der Waals surface area contributed by atoms with Crippen LogP contribution in [0.15, 0.2) is 224 Å².